The van der Waals surface area contributed by atoms with E-state index in [4.69, 9.17) is 0 Å². The van der Waals surface area contributed by atoms with Gasteiger partial charge >= 0.3 is 0 Å². The summed E-state index contributed by atoms with van der Waals surface area (Å²) in [6.07, 6.45) is 6.54. The standard InChI is InChI=1S/C12H18N4O/c1-9-7-16-11(8-15-9)12(17)14-6-4-10-3-2-5-13-10/h7-8,10,13H,2-6H2,1H3,(H,14,17)/t10-/m1/s1. The van der Waals surface area contributed by atoms with Gasteiger partial charge in [-0.05, 0) is 32.7 Å². The predicted molar refractivity (Wildman–Crippen MR) is 64.7 cm³/mol. The first kappa shape index (κ1) is 12.0. The summed E-state index contributed by atoms with van der Waals surface area (Å²) in [5.41, 5.74) is 1.20. The van der Waals surface area contributed by atoms with E-state index in [1.165, 1.54) is 19.0 Å². The molecule has 92 valence electrons. The van der Waals surface area contributed by atoms with E-state index < -0.39 is 0 Å². The van der Waals surface area contributed by atoms with Crippen LogP contribution in [0.5, 0.6) is 0 Å². The van der Waals surface area contributed by atoms with Crippen molar-refractivity contribution in [2.75, 3.05) is 13.1 Å². The Morgan fingerprint density at radius 3 is 3.06 bits per heavy atom. The zero-order valence-electron chi connectivity index (χ0n) is 10.1. The molecule has 0 spiro atoms. The van der Waals surface area contributed by atoms with E-state index in [0.29, 0.717) is 18.3 Å². The van der Waals surface area contributed by atoms with E-state index in [9.17, 15) is 4.79 Å². The van der Waals surface area contributed by atoms with Crippen LogP contribution in [0.1, 0.15) is 35.4 Å². The molecule has 0 radical (unpaired) electrons. The fourth-order valence-electron chi connectivity index (χ4n) is 1.96. The minimum atomic E-state index is -0.143. The van der Waals surface area contributed by atoms with E-state index in [1.807, 2.05) is 6.92 Å². The molecule has 2 rings (SSSR count). The van der Waals surface area contributed by atoms with Gasteiger partial charge < -0.3 is 10.6 Å². The average Bonchev–Trinajstić information content (AvgIpc) is 2.83. The lowest BCUT2D eigenvalue weighted by Gasteiger charge is -2.10. The molecule has 0 unspecified atom stereocenters. The maximum atomic E-state index is 11.7. The molecule has 1 aromatic rings. The summed E-state index contributed by atoms with van der Waals surface area (Å²) in [5, 5.41) is 6.26. The first-order valence-corrected chi connectivity index (χ1v) is 6.06. The van der Waals surface area contributed by atoms with E-state index in [-0.39, 0.29) is 5.91 Å². The lowest BCUT2D eigenvalue weighted by Crippen LogP contribution is -2.31. The van der Waals surface area contributed by atoms with Crippen LogP contribution in [0.25, 0.3) is 0 Å². The number of carbonyl (C=O) groups is 1. The van der Waals surface area contributed by atoms with Crippen LogP contribution in [-0.4, -0.2) is 35.0 Å². The second-order valence-electron chi connectivity index (χ2n) is 4.38. The molecule has 1 aliphatic heterocycles. The molecule has 0 bridgehead atoms. The topological polar surface area (TPSA) is 66.9 Å². The third-order valence-corrected chi connectivity index (χ3v) is 2.95. The van der Waals surface area contributed by atoms with E-state index in [2.05, 4.69) is 20.6 Å². The normalized spacial score (nSPS) is 19.2. The van der Waals surface area contributed by atoms with Gasteiger partial charge in [-0.1, -0.05) is 0 Å². The van der Waals surface area contributed by atoms with Gasteiger partial charge in [-0.2, -0.15) is 0 Å². The van der Waals surface area contributed by atoms with Crippen LogP contribution in [0.3, 0.4) is 0 Å². The Kier molecular flexibility index (Phi) is 4.03. The van der Waals surface area contributed by atoms with Gasteiger partial charge in [-0.25, -0.2) is 4.98 Å². The van der Waals surface area contributed by atoms with Crippen LogP contribution in [-0.2, 0) is 0 Å². The average molecular weight is 234 g/mol. The molecule has 0 aliphatic carbocycles. The molecule has 1 fully saturated rings. The Labute approximate surface area is 101 Å². The van der Waals surface area contributed by atoms with E-state index in [0.717, 1.165) is 18.7 Å². The molecule has 1 aromatic heterocycles. The van der Waals surface area contributed by atoms with Gasteiger partial charge in [-0.15, -0.1) is 0 Å². The fraction of sp³-hybridized carbons (Fsp3) is 0.583. The zero-order chi connectivity index (χ0) is 12.1. The molecule has 1 atom stereocenters. The summed E-state index contributed by atoms with van der Waals surface area (Å²) in [6.45, 7) is 3.63. The molecular formula is C12H18N4O. The van der Waals surface area contributed by atoms with Gasteiger partial charge in [0.2, 0.25) is 0 Å². The first-order valence-electron chi connectivity index (χ1n) is 6.06. The van der Waals surface area contributed by atoms with Crippen molar-refractivity contribution in [1.82, 2.24) is 20.6 Å². The number of hydrogen-bond donors (Lipinski definition) is 2. The van der Waals surface area contributed by atoms with Gasteiger partial charge in [0.25, 0.3) is 5.91 Å². The molecule has 17 heavy (non-hydrogen) atoms. The van der Waals surface area contributed by atoms with Crippen molar-refractivity contribution in [3.05, 3.63) is 23.8 Å². The number of nitrogens with zero attached hydrogens (tertiary/aromatic N) is 2. The van der Waals surface area contributed by atoms with Crippen molar-refractivity contribution in [3.63, 3.8) is 0 Å². The fourth-order valence-corrected chi connectivity index (χ4v) is 1.96. The van der Waals surface area contributed by atoms with Crippen molar-refractivity contribution >= 4 is 5.91 Å². The summed E-state index contributed by atoms with van der Waals surface area (Å²) >= 11 is 0. The summed E-state index contributed by atoms with van der Waals surface area (Å²) in [7, 11) is 0. The SMILES string of the molecule is Cc1cnc(C(=O)NCC[C@H]2CCCN2)cn1. The number of hydrogen-bond acceptors (Lipinski definition) is 4. The van der Waals surface area contributed by atoms with Crippen molar-refractivity contribution in [3.8, 4) is 0 Å². The molecule has 0 aromatic carbocycles. The molecule has 0 saturated carbocycles. The molecule has 2 heterocycles. The quantitative estimate of drug-likeness (QED) is 0.803. The van der Waals surface area contributed by atoms with Crippen LogP contribution in [0.2, 0.25) is 0 Å². The Morgan fingerprint density at radius 1 is 1.53 bits per heavy atom. The maximum absolute atomic E-state index is 11.7. The highest BCUT2D eigenvalue weighted by atomic mass is 16.1. The number of rotatable bonds is 4. The third kappa shape index (κ3) is 3.49. The van der Waals surface area contributed by atoms with Crippen molar-refractivity contribution in [2.45, 2.75) is 32.2 Å². The summed E-state index contributed by atoms with van der Waals surface area (Å²) in [6, 6.07) is 0.555. The smallest absolute Gasteiger partial charge is 0.271 e. The van der Waals surface area contributed by atoms with Gasteiger partial charge in [0.1, 0.15) is 5.69 Å². The van der Waals surface area contributed by atoms with Crippen LogP contribution in [0.15, 0.2) is 12.4 Å². The monoisotopic (exact) mass is 234 g/mol. The summed E-state index contributed by atoms with van der Waals surface area (Å²) in [5.74, 6) is -0.143. The summed E-state index contributed by atoms with van der Waals surface area (Å²) < 4.78 is 0. The largest absolute Gasteiger partial charge is 0.351 e. The summed E-state index contributed by atoms with van der Waals surface area (Å²) in [4.78, 5) is 19.8. The first-order chi connectivity index (χ1) is 8.25. The van der Waals surface area contributed by atoms with Gasteiger partial charge in [-0.3, -0.25) is 9.78 Å². The Balaban J connectivity index is 1.75. The van der Waals surface area contributed by atoms with Crippen molar-refractivity contribution < 1.29 is 4.79 Å². The van der Waals surface area contributed by atoms with Crippen LogP contribution < -0.4 is 10.6 Å². The Hall–Kier alpha value is -1.49. The van der Waals surface area contributed by atoms with Gasteiger partial charge in [0, 0.05) is 18.8 Å². The highest BCUT2D eigenvalue weighted by molar-refractivity contribution is 5.91. The molecule has 1 aliphatic rings. The lowest BCUT2D eigenvalue weighted by molar-refractivity contribution is 0.0947. The van der Waals surface area contributed by atoms with E-state index >= 15 is 0 Å². The third-order valence-electron chi connectivity index (χ3n) is 2.95. The lowest BCUT2D eigenvalue weighted by atomic mass is 10.1. The van der Waals surface area contributed by atoms with Gasteiger partial charge in [0.05, 0.1) is 11.9 Å². The molecule has 5 nitrogen and oxygen atoms in total. The minimum absolute atomic E-state index is 0.143. The van der Waals surface area contributed by atoms with Crippen molar-refractivity contribution in [1.29, 1.82) is 0 Å². The number of aromatic nitrogens is 2. The predicted octanol–water partition coefficient (Wildman–Crippen LogP) is 0.657. The number of amides is 1. The van der Waals surface area contributed by atoms with Crippen LogP contribution in [0.4, 0.5) is 0 Å². The molecule has 2 N–H and O–H groups in total. The molecule has 1 amide bonds. The van der Waals surface area contributed by atoms with Crippen molar-refractivity contribution in [2.24, 2.45) is 0 Å². The molecule has 1 saturated heterocycles. The molecule has 5 heteroatoms. The van der Waals surface area contributed by atoms with Crippen LogP contribution >= 0.6 is 0 Å². The Bertz CT molecular complexity index is 371. The maximum Gasteiger partial charge on any atom is 0.271 e. The second kappa shape index (κ2) is 5.72. The molecular weight excluding hydrogens is 216 g/mol. The van der Waals surface area contributed by atoms with Gasteiger partial charge in [0.15, 0.2) is 0 Å². The number of carbonyl (C=O) groups excluding carboxylic acids is 1. The zero-order valence-corrected chi connectivity index (χ0v) is 10.1. The Morgan fingerprint density at radius 2 is 2.41 bits per heavy atom. The minimum Gasteiger partial charge on any atom is -0.351 e. The highest BCUT2D eigenvalue weighted by Crippen LogP contribution is 2.07. The van der Waals surface area contributed by atoms with E-state index in [1.54, 1.807) is 6.20 Å². The van der Waals surface area contributed by atoms with Crippen LogP contribution in [0, 0.1) is 6.92 Å². The number of nitrogens with one attached hydrogen (secondary N) is 2. The number of aryl methyl sites for hydroxylation is 1. The second-order valence-corrected chi connectivity index (χ2v) is 4.38. The highest BCUT2D eigenvalue weighted by Gasteiger charge is 2.14.